The van der Waals surface area contributed by atoms with Crippen molar-refractivity contribution in [2.45, 2.75) is 63.2 Å². The second kappa shape index (κ2) is 7.55. The van der Waals surface area contributed by atoms with E-state index in [0.29, 0.717) is 6.04 Å². The van der Waals surface area contributed by atoms with Crippen LogP contribution in [0.25, 0.3) is 0 Å². The zero-order valence-electron chi connectivity index (χ0n) is 9.30. The summed E-state index contributed by atoms with van der Waals surface area (Å²) in [5, 5.41) is 0.779. The molecule has 1 saturated heterocycles. The van der Waals surface area contributed by atoms with Crippen LogP contribution in [0.2, 0.25) is 0 Å². The summed E-state index contributed by atoms with van der Waals surface area (Å²) in [5.41, 5.74) is 3.00. The van der Waals surface area contributed by atoms with Gasteiger partial charge < -0.3 is 0 Å². The molecule has 0 saturated carbocycles. The van der Waals surface area contributed by atoms with E-state index in [9.17, 15) is 0 Å². The number of hydrogen-bond donors (Lipinski definition) is 2. The molecule has 14 heavy (non-hydrogen) atoms. The molecule has 0 aromatic rings. The first-order chi connectivity index (χ1) is 6.88. The minimum absolute atomic E-state index is 0.555. The zero-order chi connectivity index (χ0) is 10.2. The number of unbranched alkanes of at least 4 members (excludes halogenated alkanes) is 3. The van der Waals surface area contributed by atoms with Crippen LogP contribution in [0.1, 0.15) is 51.9 Å². The summed E-state index contributed by atoms with van der Waals surface area (Å²) in [5.74, 6) is 6.94. The highest BCUT2D eigenvalue weighted by atomic mass is 32.2. The topological polar surface area (TPSA) is 38.0 Å². The van der Waals surface area contributed by atoms with E-state index in [2.05, 4.69) is 24.1 Å². The summed E-state index contributed by atoms with van der Waals surface area (Å²) in [6, 6.07) is 0.555. The van der Waals surface area contributed by atoms with E-state index in [4.69, 9.17) is 5.84 Å². The first kappa shape index (κ1) is 12.3. The van der Waals surface area contributed by atoms with E-state index in [0.717, 1.165) is 5.25 Å². The molecule has 1 aliphatic heterocycles. The zero-order valence-corrected chi connectivity index (χ0v) is 10.1. The van der Waals surface area contributed by atoms with Gasteiger partial charge in [-0.15, -0.1) is 0 Å². The molecule has 2 atom stereocenters. The highest BCUT2D eigenvalue weighted by molar-refractivity contribution is 8.00. The minimum Gasteiger partial charge on any atom is -0.271 e. The lowest BCUT2D eigenvalue weighted by molar-refractivity contribution is 0.445. The van der Waals surface area contributed by atoms with E-state index < -0.39 is 0 Å². The molecule has 84 valence electrons. The monoisotopic (exact) mass is 216 g/mol. The van der Waals surface area contributed by atoms with Gasteiger partial charge in [-0.1, -0.05) is 32.6 Å². The van der Waals surface area contributed by atoms with Crippen LogP contribution in [0.3, 0.4) is 0 Å². The van der Waals surface area contributed by atoms with Crippen LogP contribution < -0.4 is 11.3 Å². The Morgan fingerprint density at radius 2 is 2.29 bits per heavy atom. The van der Waals surface area contributed by atoms with Gasteiger partial charge in [-0.05, 0) is 25.0 Å². The highest BCUT2D eigenvalue weighted by Gasteiger charge is 2.23. The Morgan fingerprint density at radius 3 is 2.86 bits per heavy atom. The average Bonchev–Trinajstić information content (AvgIpc) is 2.71. The Kier molecular flexibility index (Phi) is 6.65. The van der Waals surface area contributed by atoms with Crippen molar-refractivity contribution in [1.82, 2.24) is 5.43 Å². The van der Waals surface area contributed by atoms with Gasteiger partial charge in [-0.3, -0.25) is 11.3 Å². The van der Waals surface area contributed by atoms with Crippen LogP contribution in [-0.4, -0.2) is 17.0 Å². The lowest BCUT2D eigenvalue weighted by Crippen LogP contribution is -2.41. The molecule has 1 rings (SSSR count). The molecule has 2 nitrogen and oxygen atoms in total. The van der Waals surface area contributed by atoms with Gasteiger partial charge in [-0.25, -0.2) is 0 Å². The Bertz CT molecular complexity index is 135. The lowest BCUT2D eigenvalue weighted by Gasteiger charge is -2.21. The molecule has 0 radical (unpaired) electrons. The molecule has 0 aromatic heterocycles. The summed E-state index contributed by atoms with van der Waals surface area (Å²) in [4.78, 5) is 0. The van der Waals surface area contributed by atoms with Gasteiger partial charge >= 0.3 is 0 Å². The smallest absolute Gasteiger partial charge is 0.0329 e. The first-order valence-corrected chi connectivity index (χ1v) is 7.01. The molecule has 2 unspecified atom stereocenters. The van der Waals surface area contributed by atoms with Crippen LogP contribution in [-0.2, 0) is 0 Å². The largest absolute Gasteiger partial charge is 0.271 e. The van der Waals surface area contributed by atoms with Crippen molar-refractivity contribution in [2.75, 3.05) is 5.75 Å². The molecule has 1 fully saturated rings. The van der Waals surface area contributed by atoms with Gasteiger partial charge in [0.15, 0.2) is 0 Å². The Morgan fingerprint density at radius 1 is 1.43 bits per heavy atom. The van der Waals surface area contributed by atoms with Crippen molar-refractivity contribution < 1.29 is 0 Å². The van der Waals surface area contributed by atoms with Gasteiger partial charge in [-0.2, -0.15) is 11.8 Å². The lowest BCUT2D eigenvalue weighted by atomic mass is 10.0. The standard InChI is InChI=1S/C11H24N2S/c1-2-3-4-5-7-10(13-12)11-8-6-9-14-11/h10-11,13H,2-9,12H2,1H3. The van der Waals surface area contributed by atoms with E-state index in [1.54, 1.807) is 0 Å². The third-order valence-electron chi connectivity index (χ3n) is 3.00. The van der Waals surface area contributed by atoms with Crippen LogP contribution >= 0.6 is 11.8 Å². The fourth-order valence-electron chi connectivity index (χ4n) is 2.09. The molecule has 1 heterocycles. The maximum atomic E-state index is 5.60. The van der Waals surface area contributed by atoms with Crippen LogP contribution in [0.15, 0.2) is 0 Å². The summed E-state index contributed by atoms with van der Waals surface area (Å²) in [7, 11) is 0. The van der Waals surface area contributed by atoms with Crippen molar-refractivity contribution in [2.24, 2.45) is 5.84 Å². The van der Waals surface area contributed by atoms with Crippen LogP contribution in [0.5, 0.6) is 0 Å². The maximum absolute atomic E-state index is 5.60. The number of thioether (sulfide) groups is 1. The first-order valence-electron chi connectivity index (χ1n) is 5.96. The van der Waals surface area contributed by atoms with Crippen molar-refractivity contribution in [3.63, 3.8) is 0 Å². The van der Waals surface area contributed by atoms with Crippen molar-refractivity contribution in [3.8, 4) is 0 Å². The highest BCUT2D eigenvalue weighted by Crippen LogP contribution is 2.30. The van der Waals surface area contributed by atoms with Crippen molar-refractivity contribution in [1.29, 1.82) is 0 Å². The SMILES string of the molecule is CCCCCCC(NN)C1CCCS1. The molecule has 0 aromatic carbocycles. The fourth-order valence-corrected chi connectivity index (χ4v) is 3.50. The molecular weight excluding hydrogens is 192 g/mol. The summed E-state index contributed by atoms with van der Waals surface area (Å²) in [6.07, 6.45) is 9.38. The van der Waals surface area contributed by atoms with Crippen molar-refractivity contribution in [3.05, 3.63) is 0 Å². The summed E-state index contributed by atoms with van der Waals surface area (Å²) < 4.78 is 0. The number of nitrogens with two attached hydrogens (primary N) is 1. The van der Waals surface area contributed by atoms with E-state index in [-0.39, 0.29) is 0 Å². The average molecular weight is 216 g/mol. The molecular formula is C11H24N2S. The van der Waals surface area contributed by atoms with Gasteiger partial charge in [0.2, 0.25) is 0 Å². The van der Waals surface area contributed by atoms with Gasteiger partial charge in [0.1, 0.15) is 0 Å². The maximum Gasteiger partial charge on any atom is 0.0329 e. The molecule has 1 aliphatic rings. The second-order valence-corrected chi connectivity index (χ2v) is 5.52. The molecule has 0 amide bonds. The Hall–Kier alpha value is 0.270. The fraction of sp³-hybridized carbons (Fsp3) is 1.00. The number of hydrazine groups is 1. The van der Waals surface area contributed by atoms with E-state index >= 15 is 0 Å². The Labute approximate surface area is 92.4 Å². The predicted molar refractivity (Wildman–Crippen MR) is 65.4 cm³/mol. The number of rotatable bonds is 7. The molecule has 0 spiro atoms. The second-order valence-electron chi connectivity index (χ2n) is 4.17. The molecule has 0 aliphatic carbocycles. The van der Waals surface area contributed by atoms with Crippen molar-refractivity contribution >= 4 is 11.8 Å². The molecule has 3 heteroatoms. The summed E-state index contributed by atoms with van der Waals surface area (Å²) in [6.45, 7) is 2.26. The van der Waals surface area contributed by atoms with Crippen LogP contribution in [0.4, 0.5) is 0 Å². The van der Waals surface area contributed by atoms with Gasteiger partial charge in [0.25, 0.3) is 0 Å². The summed E-state index contributed by atoms with van der Waals surface area (Å²) >= 11 is 2.10. The minimum atomic E-state index is 0.555. The third kappa shape index (κ3) is 4.20. The number of nitrogens with one attached hydrogen (secondary N) is 1. The normalized spacial score (nSPS) is 24.0. The molecule has 3 N–H and O–H groups in total. The quantitative estimate of drug-likeness (QED) is 0.390. The van der Waals surface area contributed by atoms with Crippen LogP contribution in [0, 0.1) is 0 Å². The van der Waals surface area contributed by atoms with E-state index in [1.807, 2.05) is 0 Å². The van der Waals surface area contributed by atoms with Gasteiger partial charge in [0, 0.05) is 11.3 Å². The number of hydrogen-bond acceptors (Lipinski definition) is 3. The predicted octanol–water partition coefficient (Wildman–Crippen LogP) is 2.68. The van der Waals surface area contributed by atoms with Gasteiger partial charge in [0.05, 0.1) is 0 Å². The molecule has 0 bridgehead atoms. The van der Waals surface area contributed by atoms with E-state index in [1.165, 1.54) is 50.7 Å². The Balaban J connectivity index is 2.11. The third-order valence-corrected chi connectivity index (χ3v) is 4.51.